The van der Waals surface area contributed by atoms with Crippen LogP contribution < -0.4 is 10.6 Å². The molecule has 5 nitrogen and oxygen atoms in total. The van der Waals surface area contributed by atoms with Crippen LogP contribution in [-0.2, 0) is 6.54 Å². The van der Waals surface area contributed by atoms with Gasteiger partial charge in [0.2, 0.25) is 0 Å². The van der Waals surface area contributed by atoms with Crippen LogP contribution in [0.5, 0.6) is 0 Å². The zero-order chi connectivity index (χ0) is 19.2. The van der Waals surface area contributed by atoms with Gasteiger partial charge in [0, 0.05) is 29.0 Å². The normalized spacial score (nSPS) is 10.3. The van der Waals surface area contributed by atoms with Gasteiger partial charge in [-0.05, 0) is 48.9 Å². The number of hydrogen-bond acceptors (Lipinski definition) is 4. The van der Waals surface area contributed by atoms with Crippen LogP contribution in [0.25, 0.3) is 0 Å². The second-order valence-electron chi connectivity index (χ2n) is 6.00. The first-order valence-corrected chi connectivity index (χ1v) is 8.76. The lowest BCUT2D eigenvalue weighted by Gasteiger charge is -2.08. The third kappa shape index (κ3) is 5.15. The summed E-state index contributed by atoms with van der Waals surface area (Å²) in [6.45, 7) is 2.09. The number of pyridine rings is 1. The van der Waals surface area contributed by atoms with Gasteiger partial charge in [-0.3, -0.25) is 9.59 Å². The van der Waals surface area contributed by atoms with Crippen molar-refractivity contribution in [2.24, 2.45) is 0 Å². The quantitative estimate of drug-likeness (QED) is 0.603. The van der Waals surface area contributed by atoms with Gasteiger partial charge in [-0.25, -0.2) is 4.98 Å². The fraction of sp³-hybridized carbons (Fsp3) is 0.0952. The summed E-state index contributed by atoms with van der Waals surface area (Å²) in [5.74, 6) is 0.330. The van der Waals surface area contributed by atoms with Crippen LogP contribution >= 0.6 is 11.6 Å². The number of ketones is 1. The van der Waals surface area contributed by atoms with Gasteiger partial charge in [0.25, 0.3) is 5.91 Å². The second-order valence-corrected chi connectivity index (χ2v) is 6.44. The Kier molecular flexibility index (Phi) is 5.84. The Hall–Kier alpha value is -3.18. The summed E-state index contributed by atoms with van der Waals surface area (Å²) in [5.41, 5.74) is 2.62. The summed E-state index contributed by atoms with van der Waals surface area (Å²) in [6, 6.07) is 17.8. The minimum absolute atomic E-state index is 0.0520. The number of nitrogens with zero attached hydrogens (tertiary/aromatic N) is 1. The van der Waals surface area contributed by atoms with Crippen molar-refractivity contribution >= 4 is 34.8 Å². The van der Waals surface area contributed by atoms with Crippen LogP contribution in [0, 0.1) is 0 Å². The number of nitrogens with one attached hydrogen (secondary N) is 2. The van der Waals surface area contributed by atoms with Crippen molar-refractivity contribution in [2.75, 3.05) is 10.6 Å². The van der Waals surface area contributed by atoms with E-state index in [1.165, 1.54) is 13.1 Å². The summed E-state index contributed by atoms with van der Waals surface area (Å²) in [7, 11) is 0. The van der Waals surface area contributed by atoms with E-state index in [0.717, 1.165) is 5.56 Å². The molecular formula is C21H18ClN3O2. The average molecular weight is 380 g/mol. The topological polar surface area (TPSA) is 71.1 Å². The van der Waals surface area contributed by atoms with Gasteiger partial charge in [0.1, 0.15) is 5.82 Å². The molecule has 0 atom stereocenters. The molecule has 0 radical (unpaired) electrons. The zero-order valence-corrected chi connectivity index (χ0v) is 15.5. The molecule has 0 aliphatic carbocycles. The third-order valence-corrected chi connectivity index (χ3v) is 4.19. The van der Waals surface area contributed by atoms with E-state index in [1.54, 1.807) is 36.4 Å². The smallest absolute Gasteiger partial charge is 0.257 e. The minimum Gasteiger partial charge on any atom is -0.366 e. The fourth-order valence-corrected chi connectivity index (χ4v) is 2.57. The van der Waals surface area contributed by atoms with Gasteiger partial charge in [0.15, 0.2) is 5.78 Å². The molecule has 3 aromatic rings. The molecule has 2 aromatic carbocycles. The molecule has 0 saturated heterocycles. The van der Waals surface area contributed by atoms with Gasteiger partial charge in [-0.15, -0.1) is 0 Å². The minimum atomic E-state index is -0.285. The first kappa shape index (κ1) is 18.6. The lowest BCUT2D eigenvalue weighted by Crippen LogP contribution is -2.13. The third-order valence-electron chi connectivity index (χ3n) is 3.94. The van der Waals surface area contributed by atoms with E-state index >= 15 is 0 Å². The number of hydrogen-bond donors (Lipinski definition) is 2. The van der Waals surface area contributed by atoms with Crippen molar-refractivity contribution in [1.82, 2.24) is 4.98 Å². The number of halogens is 1. The molecule has 136 valence electrons. The van der Waals surface area contributed by atoms with Crippen molar-refractivity contribution < 1.29 is 9.59 Å². The van der Waals surface area contributed by atoms with E-state index in [0.29, 0.717) is 34.2 Å². The number of rotatable bonds is 6. The lowest BCUT2D eigenvalue weighted by molar-refractivity contribution is 0.101. The number of anilines is 2. The second kappa shape index (κ2) is 8.47. The number of carbonyl (C=O) groups is 2. The van der Waals surface area contributed by atoms with Gasteiger partial charge in [-0.1, -0.05) is 35.9 Å². The molecule has 0 bridgehead atoms. The van der Waals surface area contributed by atoms with Gasteiger partial charge < -0.3 is 10.6 Å². The van der Waals surface area contributed by atoms with E-state index < -0.39 is 0 Å². The van der Waals surface area contributed by atoms with Gasteiger partial charge in [-0.2, -0.15) is 0 Å². The predicted octanol–water partition coefficient (Wildman–Crippen LogP) is 4.80. The van der Waals surface area contributed by atoms with Crippen molar-refractivity contribution in [3.63, 3.8) is 0 Å². The van der Waals surface area contributed by atoms with Crippen molar-refractivity contribution in [1.29, 1.82) is 0 Å². The van der Waals surface area contributed by atoms with Crippen LogP contribution in [0.4, 0.5) is 11.5 Å². The molecule has 1 aromatic heterocycles. The monoisotopic (exact) mass is 379 g/mol. The maximum absolute atomic E-state index is 12.3. The lowest BCUT2D eigenvalue weighted by atomic mass is 10.1. The molecule has 1 heterocycles. The first-order valence-electron chi connectivity index (χ1n) is 8.38. The van der Waals surface area contributed by atoms with E-state index in [1.807, 2.05) is 24.3 Å². The summed E-state index contributed by atoms with van der Waals surface area (Å²) in [4.78, 5) is 28.1. The molecule has 0 fully saturated rings. The maximum Gasteiger partial charge on any atom is 0.257 e. The zero-order valence-electron chi connectivity index (χ0n) is 14.7. The Morgan fingerprint density at radius 1 is 1.00 bits per heavy atom. The van der Waals surface area contributed by atoms with Gasteiger partial charge >= 0.3 is 0 Å². The molecule has 0 aliphatic heterocycles. The van der Waals surface area contributed by atoms with Gasteiger partial charge in [0.05, 0.1) is 5.56 Å². The standard InChI is InChI=1S/C21H18ClN3O2/c1-14(26)16-3-2-4-19(11-16)25-21(27)17-7-10-20(24-13-17)23-12-15-5-8-18(22)9-6-15/h2-11,13H,12H2,1H3,(H,23,24)(H,25,27). The number of carbonyl (C=O) groups excluding carboxylic acids is 2. The Morgan fingerprint density at radius 3 is 2.44 bits per heavy atom. The SMILES string of the molecule is CC(=O)c1cccc(NC(=O)c2ccc(NCc3ccc(Cl)cc3)nc2)c1. The molecule has 0 saturated carbocycles. The largest absolute Gasteiger partial charge is 0.366 e. The highest BCUT2D eigenvalue weighted by atomic mass is 35.5. The number of benzene rings is 2. The van der Waals surface area contributed by atoms with E-state index in [4.69, 9.17) is 11.6 Å². The molecular weight excluding hydrogens is 362 g/mol. The van der Waals surface area contributed by atoms with E-state index in [2.05, 4.69) is 15.6 Å². The van der Waals surface area contributed by atoms with Crippen LogP contribution in [0.2, 0.25) is 5.02 Å². The van der Waals surface area contributed by atoms with Crippen LogP contribution in [-0.4, -0.2) is 16.7 Å². The molecule has 1 amide bonds. The van der Waals surface area contributed by atoms with Crippen LogP contribution in [0.3, 0.4) is 0 Å². The summed E-state index contributed by atoms with van der Waals surface area (Å²) in [6.07, 6.45) is 1.51. The number of Topliss-reactive ketones (excluding diaryl/α,β-unsaturated/α-hetero) is 1. The molecule has 0 unspecified atom stereocenters. The first-order chi connectivity index (χ1) is 13.0. The van der Waals surface area contributed by atoms with Crippen molar-refractivity contribution in [3.05, 3.63) is 88.6 Å². The number of aromatic nitrogens is 1. The Morgan fingerprint density at radius 2 is 1.78 bits per heavy atom. The molecule has 0 spiro atoms. The highest BCUT2D eigenvalue weighted by Crippen LogP contribution is 2.14. The number of amides is 1. The Labute approximate surface area is 162 Å². The summed E-state index contributed by atoms with van der Waals surface area (Å²) in [5, 5.41) is 6.66. The van der Waals surface area contributed by atoms with Crippen molar-refractivity contribution in [3.8, 4) is 0 Å². The summed E-state index contributed by atoms with van der Waals surface area (Å²) < 4.78 is 0. The van der Waals surface area contributed by atoms with Crippen LogP contribution in [0.1, 0.15) is 33.2 Å². The highest BCUT2D eigenvalue weighted by Gasteiger charge is 2.08. The highest BCUT2D eigenvalue weighted by molar-refractivity contribution is 6.30. The fourth-order valence-electron chi connectivity index (χ4n) is 2.45. The Balaban J connectivity index is 1.60. The van der Waals surface area contributed by atoms with E-state index in [9.17, 15) is 9.59 Å². The van der Waals surface area contributed by atoms with E-state index in [-0.39, 0.29) is 11.7 Å². The predicted molar refractivity (Wildman–Crippen MR) is 107 cm³/mol. The maximum atomic E-state index is 12.3. The molecule has 0 aliphatic rings. The molecule has 2 N–H and O–H groups in total. The average Bonchev–Trinajstić information content (AvgIpc) is 2.68. The summed E-state index contributed by atoms with van der Waals surface area (Å²) >= 11 is 5.87. The molecule has 6 heteroatoms. The Bertz CT molecular complexity index is 954. The molecule has 27 heavy (non-hydrogen) atoms. The molecule has 3 rings (SSSR count). The van der Waals surface area contributed by atoms with Crippen LogP contribution in [0.15, 0.2) is 66.9 Å². The van der Waals surface area contributed by atoms with Crippen molar-refractivity contribution in [2.45, 2.75) is 13.5 Å².